The first kappa shape index (κ1) is 17.3. The lowest BCUT2D eigenvalue weighted by atomic mass is 10.1. The van der Waals surface area contributed by atoms with E-state index in [1.54, 1.807) is 25.3 Å². The van der Waals surface area contributed by atoms with Crippen molar-refractivity contribution in [1.29, 1.82) is 0 Å². The van der Waals surface area contributed by atoms with Crippen LogP contribution in [-0.2, 0) is 16.0 Å². The monoisotopic (exact) mass is 313 g/mol. The van der Waals surface area contributed by atoms with Crippen molar-refractivity contribution in [3.8, 4) is 0 Å². The number of aryl methyl sites for hydroxylation is 1. The second-order valence-electron chi connectivity index (χ2n) is 4.59. The lowest BCUT2D eigenvalue weighted by molar-refractivity contribution is -0.121. The fourth-order valence-corrected chi connectivity index (χ4v) is 1.94. The summed E-state index contributed by atoms with van der Waals surface area (Å²) in [5, 5.41) is 3.24. The SMILES string of the molecule is COC[C@H](C)NC(=S)NNC(=O)CCc1ccccc1F. The number of rotatable bonds is 6. The van der Waals surface area contributed by atoms with E-state index in [-0.39, 0.29) is 24.2 Å². The zero-order chi connectivity index (χ0) is 15.7. The van der Waals surface area contributed by atoms with Gasteiger partial charge in [-0.1, -0.05) is 18.2 Å². The summed E-state index contributed by atoms with van der Waals surface area (Å²) in [5.74, 6) is -0.564. The summed E-state index contributed by atoms with van der Waals surface area (Å²) in [5.41, 5.74) is 5.57. The summed E-state index contributed by atoms with van der Waals surface area (Å²) >= 11 is 5.01. The Morgan fingerprint density at radius 1 is 1.38 bits per heavy atom. The summed E-state index contributed by atoms with van der Waals surface area (Å²) < 4.78 is 18.3. The topological polar surface area (TPSA) is 62.4 Å². The highest BCUT2D eigenvalue weighted by molar-refractivity contribution is 7.80. The first-order valence-corrected chi connectivity index (χ1v) is 7.01. The van der Waals surface area contributed by atoms with E-state index in [1.165, 1.54) is 6.07 Å². The summed E-state index contributed by atoms with van der Waals surface area (Å²) in [7, 11) is 1.60. The smallest absolute Gasteiger partial charge is 0.238 e. The van der Waals surface area contributed by atoms with Gasteiger partial charge in [0.2, 0.25) is 5.91 Å². The van der Waals surface area contributed by atoms with Crippen LogP contribution in [0.25, 0.3) is 0 Å². The maximum Gasteiger partial charge on any atom is 0.238 e. The maximum absolute atomic E-state index is 13.4. The molecule has 0 spiro atoms. The van der Waals surface area contributed by atoms with E-state index in [4.69, 9.17) is 17.0 Å². The number of hydrogen-bond donors (Lipinski definition) is 3. The van der Waals surface area contributed by atoms with Gasteiger partial charge < -0.3 is 10.1 Å². The van der Waals surface area contributed by atoms with Crippen LogP contribution in [0.3, 0.4) is 0 Å². The molecule has 5 nitrogen and oxygen atoms in total. The highest BCUT2D eigenvalue weighted by atomic mass is 32.1. The van der Waals surface area contributed by atoms with E-state index >= 15 is 0 Å². The normalized spacial score (nSPS) is 11.6. The van der Waals surface area contributed by atoms with Gasteiger partial charge in [0.25, 0.3) is 0 Å². The highest BCUT2D eigenvalue weighted by Crippen LogP contribution is 2.08. The average molecular weight is 313 g/mol. The molecule has 0 saturated carbocycles. The molecule has 0 fully saturated rings. The Kier molecular flexibility index (Phi) is 7.63. The van der Waals surface area contributed by atoms with Gasteiger partial charge in [0.1, 0.15) is 5.82 Å². The minimum atomic E-state index is -0.302. The van der Waals surface area contributed by atoms with Crippen LogP contribution in [0.15, 0.2) is 24.3 Å². The van der Waals surface area contributed by atoms with Crippen molar-refractivity contribution < 1.29 is 13.9 Å². The minimum absolute atomic E-state index is 0.0327. The van der Waals surface area contributed by atoms with Gasteiger partial charge in [-0.15, -0.1) is 0 Å². The van der Waals surface area contributed by atoms with Gasteiger partial charge in [0.05, 0.1) is 6.61 Å². The van der Waals surface area contributed by atoms with E-state index < -0.39 is 0 Å². The predicted molar refractivity (Wildman–Crippen MR) is 83.1 cm³/mol. The number of carbonyl (C=O) groups excluding carboxylic acids is 1. The van der Waals surface area contributed by atoms with Crippen molar-refractivity contribution in [3.63, 3.8) is 0 Å². The van der Waals surface area contributed by atoms with E-state index in [1.807, 2.05) is 6.92 Å². The number of ether oxygens (including phenoxy) is 1. The number of amides is 1. The third kappa shape index (κ3) is 7.01. The second kappa shape index (κ2) is 9.25. The van der Waals surface area contributed by atoms with Gasteiger partial charge in [-0.25, -0.2) is 4.39 Å². The number of carbonyl (C=O) groups is 1. The molecule has 0 aromatic heterocycles. The third-order valence-corrected chi connectivity index (χ3v) is 2.91. The van der Waals surface area contributed by atoms with Crippen LogP contribution in [0.1, 0.15) is 18.9 Å². The molecule has 0 aliphatic heterocycles. The Morgan fingerprint density at radius 2 is 2.10 bits per heavy atom. The number of thiocarbonyl (C=S) groups is 1. The van der Waals surface area contributed by atoms with Crippen LogP contribution >= 0.6 is 12.2 Å². The van der Waals surface area contributed by atoms with Crippen molar-refractivity contribution in [2.24, 2.45) is 0 Å². The molecule has 21 heavy (non-hydrogen) atoms. The maximum atomic E-state index is 13.4. The van der Waals surface area contributed by atoms with Crippen LogP contribution in [0.2, 0.25) is 0 Å². The van der Waals surface area contributed by atoms with E-state index in [0.29, 0.717) is 23.7 Å². The fourth-order valence-electron chi connectivity index (χ4n) is 1.69. The molecule has 1 rings (SSSR count). The van der Waals surface area contributed by atoms with Crippen LogP contribution in [0, 0.1) is 5.82 Å². The molecule has 1 aromatic rings. The zero-order valence-electron chi connectivity index (χ0n) is 12.1. The van der Waals surface area contributed by atoms with Crippen LogP contribution in [0.5, 0.6) is 0 Å². The third-order valence-electron chi connectivity index (χ3n) is 2.69. The van der Waals surface area contributed by atoms with Crippen molar-refractivity contribution in [2.75, 3.05) is 13.7 Å². The zero-order valence-corrected chi connectivity index (χ0v) is 12.9. The van der Waals surface area contributed by atoms with Crippen molar-refractivity contribution in [2.45, 2.75) is 25.8 Å². The number of hydrogen-bond acceptors (Lipinski definition) is 3. The average Bonchev–Trinajstić information content (AvgIpc) is 2.44. The van der Waals surface area contributed by atoms with E-state index in [2.05, 4.69) is 16.2 Å². The Bertz CT molecular complexity index is 485. The molecule has 116 valence electrons. The Labute approximate surface area is 129 Å². The molecule has 0 radical (unpaired) electrons. The van der Waals surface area contributed by atoms with Crippen LogP contribution in [-0.4, -0.2) is 30.8 Å². The second-order valence-corrected chi connectivity index (χ2v) is 5.00. The molecule has 0 unspecified atom stereocenters. The summed E-state index contributed by atoms with van der Waals surface area (Å²) in [6.45, 7) is 2.40. The number of nitrogens with one attached hydrogen (secondary N) is 3. The van der Waals surface area contributed by atoms with Crippen LogP contribution in [0.4, 0.5) is 4.39 Å². The summed E-state index contributed by atoms with van der Waals surface area (Å²) in [6, 6.07) is 6.43. The first-order valence-electron chi connectivity index (χ1n) is 6.60. The largest absolute Gasteiger partial charge is 0.383 e. The highest BCUT2D eigenvalue weighted by Gasteiger charge is 2.07. The Balaban J connectivity index is 2.25. The first-order chi connectivity index (χ1) is 10.0. The lowest BCUT2D eigenvalue weighted by Gasteiger charge is -2.16. The quantitative estimate of drug-likeness (QED) is 0.546. The number of halogens is 1. The number of hydrazine groups is 1. The van der Waals surface area contributed by atoms with Gasteiger partial charge in [0.15, 0.2) is 5.11 Å². The molecule has 1 aromatic carbocycles. The van der Waals surface area contributed by atoms with Gasteiger partial charge in [-0.2, -0.15) is 0 Å². The Morgan fingerprint density at radius 3 is 2.76 bits per heavy atom. The van der Waals surface area contributed by atoms with E-state index in [9.17, 15) is 9.18 Å². The van der Waals surface area contributed by atoms with Crippen molar-refractivity contribution in [3.05, 3.63) is 35.6 Å². The van der Waals surface area contributed by atoms with E-state index in [0.717, 1.165) is 0 Å². The van der Waals surface area contributed by atoms with Crippen molar-refractivity contribution >= 4 is 23.2 Å². The molecule has 0 aliphatic rings. The number of benzene rings is 1. The lowest BCUT2D eigenvalue weighted by Crippen LogP contribution is -2.50. The standard InChI is InChI=1S/C14H20FN3O2S/c1-10(9-20-2)16-14(21)18-17-13(19)8-7-11-5-3-4-6-12(11)15/h3-6,10H,7-9H2,1-2H3,(H,17,19)(H2,16,18,21)/t10-/m0/s1. The Hall–Kier alpha value is -1.73. The van der Waals surface area contributed by atoms with Gasteiger partial charge >= 0.3 is 0 Å². The molecule has 3 N–H and O–H groups in total. The van der Waals surface area contributed by atoms with Gasteiger partial charge in [0, 0.05) is 19.6 Å². The van der Waals surface area contributed by atoms with Crippen LogP contribution < -0.4 is 16.2 Å². The molecule has 0 bridgehead atoms. The molecule has 0 saturated heterocycles. The molecule has 7 heteroatoms. The van der Waals surface area contributed by atoms with Gasteiger partial charge in [-0.3, -0.25) is 15.6 Å². The molecular formula is C14H20FN3O2S. The molecule has 0 aliphatic carbocycles. The minimum Gasteiger partial charge on any atom is -0.383 e. The molecular weight excluding hydrogens is 293 g/mol. The summed E-state index contributed by atoms with van der Waals surface area (Å²) in [4.78, 5) is 11.6. The predicted octanol–water partition coefficient (Wildman–Crippen LogP) is 1.29. The van der Waals surface area contributed by atoms with Crippen molar-refractivity contribution in [1.82, 2.24) is 16.2 Å². The molecule has 0 heterocycles. The number of methoxy groups -OCH3 is 1. The van der Waals surface area contributed by atoms with Gasteiger partial charge in [-0.05, 0) is 37.2 Å². The molecule has 1 amide bonds. The molecule has 1 atom stereocenters. The summed E-state index contributed by atoms with van der Waals surface area (Å²) in [6.07, 6.45) is 0.505. The fraction of sp³-hybridized carbons (Fsp3) is 0.429.